The molecule has 6 heteroatoms. The third-order valence-corrected chi connectivity index (χ3v) is 4.11. The molecular weight excluding hydrogens is 296 g/mol. The van der Waals surface area contributed by atoms with E-state index in [1.54, 1.807) is 7.11 Å². The van der Waals surface area contributed by atoms with Gasteiger partial charge in [0.2, 0.25) is 0 Å². The number of nitrogens with zero attached hydrogens (tertiary/aromatic N) is 2. The zero-order valence-corrected chi connectivity index (χ0v) is 13.1. The maximum atomic E-state index is 5.64. The minimum Gasteiger partial charge on any atom is -0.384 e. The summed E-state index contributed by atoms with van der Waals surface area (Å²) >= 11 is 3.58. The lowest BCUT2D eigenvalue weighted by Crippen LogP contribution is -2.39. The van der Waals surface area contributed by atoms with Crippen LogP contribution >= 0.6 is 15.9 Å². The number of hydrogen-bond donors (Lipinski definition) is 2. The van der Waals surface area contributed by atoms with Crippen LogP contribution in [0.5, 0.6) is 0 Å². The van der Waals surface area contributed by atoms with Crippen LogP contribution in [0.1, 0.15) is 24.7 Å². The van der Waals surface area contributed by atoms with Crippen LogP contribution in [0.25, 0.3) is 0 Å². The molecule has 0 aliphatic carbocycles. The number of nitrogens with one attached hydrogen (secondary N) is 1. The molecule has 2 atom stereocenters. The van der Waals surface area contributed by atoms with Crippen LogP contribution in [-0.2, 0) is 18.2 Å². The standard InChI is InChI=1S/C12H23BrN4O/c1-8(7-18-4)5-10(15-14)6-11-12(13)9(2)16-17(11)3/h8,10,15H,5-7,14H2,1-4H3. The molecule has 0 saturated carbocycles. The summed E-state index contributed by atoms with van der Waals surface area (Å²) in [5.74, 6) is 6.11. The Labute approximate surface area is 117 Å². The van der Waals surface area contributed by atoms with E-state index >= 15 is 0 Å². The molecule has 1 aromatic heterocycles. The summed E-state index contributed by atoms with van der Waals surface area (Å²) in [5, 5.41) is 4.39. The van der Waals surface area contributed by atoms with Gasteiger partial charge in [-0.3, -0.25) is 16.0 Å². The van der Waals surface area contributed by atoms with E-state index in [4.69, 9.17) is 10.6 Å². The predicted octanol–water partition coefficient (Wildman–Crippen LogP) is 1.54. The van der Waals surface area contributed by atoms with Crippen molar-refractivity contribution in [3.05, 3.63) is 15.9 Å². The van der Waals surface area contributed by atoms with E-state index in [2.05, 4.69) is 33.4 Å². The molecule has 0 radical (unpaired) electrons. The van der Waals surface area contributed by atoms with Gasteiger partial charge in [-0.2, -0.15) is 5.10 Å². The van der Waals surface area contributed by atoms with Gasteiger partial charge in [-0.25, -0.2) is 0 Å². The molecule has 18 heavy (non-hydrogen) atoms. The fourth-order valence-corrected chi connectivity index (χ4v) is 2.68. The third kappa shape index (κ3) is 4.05. The lowest BCUT2D eigenvalue weighted by molar-refractivity contribution is 0.149. The van der Waals surface area contributed by atoms with Crippen LogP contribution in [0, 0.1) is 12.8 Å². The number of nitrogens with two attached hydrogens (primary N) is 1. The highest BCUT2D eigenvalue weighted by atomic mass is 79.9. The lowest BCUT2D eigenvalue weighted by atomic mass is 9.99. The van der Waals surface area contributed by atoms with E-state index in [0.29, 0.717) is 5.92 Å². The summed E-state index contributed by atoms with van der Waals surface area (Å²) < 4.78 is 8.14. The van der Waals surface area contributed by atoms with Crippen molar-refractivity contribution in [2.24, 2.45) is 18.8 Å². The van der Waals surface area contributed by atoms with Crippen molar-refractivity contribution in [2.45, 2.75) is 32.7 Å². The van der Waals surface area contributed by atoms with Crippen LogP contribution in [0.2, 0.25) is 0 Å². The molecule has 2 unspecified atom stereocenters. The van der Waals surface area contributed by atoms with Gasteiger partial charge in [0.1, 0.15) is 0 Å². The van der Waals surface area contributed by atoms with Crippen molar-refractivity contribution in [3.63, 3.8) is 0 Å². The molecule has 0 amide bonds. The fraction of sp³-hybridized carbons (Fsp3) is 0.750. The van der Waals surface area contributed by atoms with E-state index in [1.807, 2.05) is 18.7 Å². The van der Waals surface area contributed by atoms with Crippen LogP contribution in [0.3, 0.4) is 0 Å². The van der Waals surface area contributed by atoms with Crippen molar-refractivity contribution in [2.75, 3.05) is 13.7 Å². The van der Waals surface area contributed by atoms with Gasteiger partial charge in [-0.15, -0.1) is 0 Å². The largest absolute Gasteiger partial charge is 0.384 e. The normalized spacial score (nSPS) is 14.8. The van der Waals surface area contributed by atoms with E-state index in [-0.39, 0.29) is 6.04 Å². The number of rotatable bonds is 7. The minimum absolute atomic E-state index is 0.223. The number of halogens is 1. The first kappa shape index (κ1) is 15.6. The quantitative estimate of drug-likeness (QED) is 0.591. The van der Waals surface area contributed by atoms with Gasteiger partial charge in [0.15, 0.2) is 0 Å². The number of methoxy groups -OCH3 is 1. The number of hydrazine groups is 1. The van der Waals surface area contributed by atoms with Crippen LogP contribution in [0.15, 0.2) is 4.47 Å². The highest BCUT2D eigenvalue weighted by Gasteiger charge is 2.18. The number of aromatic nitrogens is 2. The first-order chi connectivity index (χ1) is 8.49. The van der Waals surface area contributed by atoms with Crippen molar-refractivity contribution in [1.29, 1.82) is 0 Å². The first-order valence-corrected chi connectivity index (χ1v) is 6.91. The molecule has 0 bridgehead atoms. The van der Waals surface area contributed by atoms with Gasteiger partial charge >= 0.3 is 0 Å². The van der Waals surface area contributed by atoms with E-state index in [1.165, 1.54) is 5.69 Å². The van der Waals surface area contributed by atoms with Crippen molar-refractivity contribution in [3.8, 4) is 0 Å². The average Bonchev–Trinajstić information content (AvgIpc) is 2.55. The zero-order valence-electron chi connectivity index (χ0n) is 11.5. The number of aryl methyl sites for hydroxylation is 2. The van der Waals surface area contributed by atoms with Gasteiger partial charge in [-0.05, 0) is 35.2 Å². The van der Waals surface area contributed by atoms with Crippen LogP contribution < -0.4 is 11.3 Å². The molecule has 0 aliphatic heterocycles. The molecule has 1 aromatic rings. The summed E-state index contributed by atoms with van der Waals surface area (Å²) in [5.41, 5.74) is 5.06. The van der Waals surface area contributed by atoms with Gasteiger partial charge < -0.3 is 4.74 Å². The fourth-order valence-electron chi connectivity index (χ4n) is 2.18. The van der Waals surface area contributed by atoms with E-state index < -0.39 is 0 Å². The average molecular weight is 319 g/mol. The topological polar surface area (TPSA) is 65.1 Å². The summed E-state index contributed by atoms with van der Waals surface area (Å²) in [4.78, 5) is 0. The Morgan fingerprint density at radius 2 is 2.22 bits per heavy atom. The summed E-state index contributed by atoms with van der Waals surface area (Å²) in [7, 11) is 3.68. The second kappa shape index (κ2) is 7.23. The molecule has 0 spiro atoms. The second-order valence-corrected chi connectivity index (χ2v) is 5.63. The van der Waals surface area contributed by atoms with Crippen molar-refractivity contribution in [1.82, 2.24) is 15.2 Å². The minimum atomic E-state index is 0.223. The van der Waals surface area contributed by atoms with Gasteiger partial charge in [0.25, 0.3) is 0 Å². The molecule has 1 heterocycles. The number of hydrogen-bond acceptors (Lipinski definition) is 4. The molecule has 0 aliphatic rings. The Bertz CT molecular complexity index is 380. The Hall–Kier alpha value is -0.430. The Morgan fingerprint density at radius 3 is 2.67 bits per heavy atom. The highest BCUT2D eigenvalue weighted by Crippen LogP contribution is 2.22. The molecule has 5 nitrogen and oxygen atoms in total. The SMILES string of the molecule is COCC(C)CC(Cc1c(Br)c(C)nn1C)NN. The molecule has 0 fully saturated rings. The Morgan fingerprint density at radius 1 is 1.56 bits per heavy atom. The van der Waals surface area contributed by atoms with E-state index in [0.717, 1.165) is 29.6 Å². The molecule has 1 rings (SSSR count). The van der Waals surface area contributed by atoms with E-state index in [9.17, 15) is 0 Å². The monoisotopic (exact) mass is 318 g/mol. The summed E-state index contributed by atoms with van der Waals surface area (Å²) in [6.07, 6.45) is 1.82. The summed E-state index contributed by atoms with van der Waals surface area (Å²) in [6.45, 7) is 4.91. The van der Waals surface area contributed by atoms with Crippen LogP contribution in [-0.4, -0.2) is 29.5 Å². The molecule has 0 saturated heterocycles. The second-order valence-electron chi connectivity index (χ2n) is 4.83. The summed E-state index contributed by atoms with van der Waals surface area (Å²) in [6, 6.07) is 0.223. The molecule has 0 aromatic carbocycles. The smallest absolute Gasteiger partial charge is 0.0738 e. The van der Waals surface area contributed by atoms with Gasteiger partial charge in [0, 0.05) is 33.2 Å². The molecule has 3 N–H and O–H groups in total. The molecule has 104 valence electrons. The number of ether oxygens (including phenoxy) is 1. The maximum Gasteiger partial charge on any atom is 0.0738 e. The lowest BCUT2D eigenvalue weighted by Gasteiger charge is -2.20. The third-order valence-electron chi connectivity index (χ3n) is 3.08. The van der Waals surface area contributed by atoms with Gasteiger partial charge in [0.05, 0.1) is 15.9 Å². The van der Waals surface area contributed by atoms with Crippen molar-refractivity contribution >= 4 is 15.9 Å². The van der Waals surface area contributed by atoms with Crippen molar-refractivity contribution < 1.29 is 4.74 Å². The Kier molecular flexibility index (Phi) is 6.28. The highest BCUT2D eigenvalue weighted by molar-refractivity contribution is 9.10. The zero-order chi connectivity index (χ0) is 13.7. The van der Waals surface area contributed by atoms with Gasteiger partial charge in [-0.1, -0.05) is 6.92 Å². The maximum absolute atomic E-state index is 5.64. The van der Waals surface area contributed by atoms with Crippen LogP contribution in [0.4, 0.5) is 0 Å². The predicted molar refractivity (Wildman–Crippen MR) is 76.1 cm³/mol. The molecular formula is C12H23BrN4O. The first-order valence-electron chi connectivity index (χ1n) is 6.12. The Balaban J connectivity index is 2.68.